The van der Waals surface area contributed by atoms with E-state index in [4.69, 9.17) is 0 Å². The van der Waals surface area contributed by atoms with Crippen LogP contribution in [0.4, 0.5) is 5.69 Å². The Hall–Kier alpha value is -3.21. The van der Waals surface area contributed by atoms with E-state index in [9.17, 15) is 20.2 Å². The number of amides is 1. The number of nitro groups is 1. The Morgan fingerprint density at radius 2 is 2.20 bits per heavy atom. The zero-order valence-electron chi connectivity index (χ0n) is 13.7. The number of aryl methyl sites for hydroxylation is 2. The van der Waals surface area contributed by atoms with Gasteiger partial charge in [0, 0.05) is 6.42 Å². The number of H-pyrrole nitrogens is 1. The first-order valence-corrected chi connectivity index (χ1v) is 8.02. The maximum absolute atomic E-state index is 12.6. The van der Waals surface area contributed by atoms with E-state index in [2.05, 4.69) is 21.6 Å². The predicted molar refractivity (Wildman–Crippen MR) is 88.9 cm³/mol. The van der Waals surface area contributed by atoms with Gasteiger partial charge in [-0.3, -0.25) is 20.0 Å². The van der Waals surface area contributed by atoms with Gasteiger partial charge < -0.3 is 5.32 Å². The Kier molecular flexibility index (Phi) is 4.23. The van der Waals surface area contributed by atoms with Crippen LogP contribution in [0, 0.1) is 21.4 Å². The van der Waals surface area contributed by atoms with E-state index in [1.54, 1.807) is 6.92 Å². The van der Waals surface area contributed by atoms with Crippen molar-refractivity contribution in [1.29, 1.82) is 5.26 Å². The molecule has 0 fully saturated rings. The minimum absolute atomic E-state index is 0.282. The third-order valence-corrected chi connectivity index (χ3v) is 4.56. The Balaban J connectivity index is 1.89. The van der Waals surface area contributed by atoms with Crippen LogP contribution in [0.5, 0.6) is 0 Å². The first kappa shape index (κ1) is 16.6. The SMILES string of the molecule is CCc1[nH]nc(C(=O)N[C@@]2(C#N)CCc3ccccc3C2)c1[N+](=O)[O-]. The summed E-state index contributed by atoms with van der Waals surface area (Å²) < 4.78 is 0. The van der Waals surface area contributed by atoms with E-state index < -0.39 is 16.4 Å². The maximum Gasteiger partial charge on any atom is 0.322 e. The van der Waals surface area contributed by atoms with Crippen LogP contribution in [-0.2, 0) is 19.3 Å². The zero-order valence-corrected chi connectivity index (χ0v) is 13.7. The second-order valence-corrected chi connectivity index (χ2v) is 6.10. The molecule has 2 aromatic rings. The number of carbonyl (C=O) groups is 1. The predicted octanol–water partition coefficient (Wildman–Crippen LogP) is 2.06. The summed E-state index contributed by atoms with van der Waals surface area (Å²) >= 11 is 0. The van der Waals surface area contributed by atoms with Crippen molar-refractivity contribution in [3.8, 4) is 6.07 Å². The van der Waals surface area contributed by atoms with E-state index in [0.717, 1.165) is 11.1 Å². The Morgan fingerprint density at radius 1 is 1.48 bits per heavy atom. The van der Waals surface area contributed by atoms with Crippen molar-refractivity contribution in [2.45, 2.75) is 38.1 Å². The molecule has 1 aliphatic rings. The molecule has 1 aromatic carbocycles. The highest BCUT2D eigenvalue weighted by molar-refractivity contribution is 5.97. The molecule has 25 heavy (non-hydrogen) atoms. The third-order valence-electron chi connectivity index (χ3n) is 4.56. The molecule has 1 heterocycles. The lowest BCUT2D eigenvalue weighted by molar-refractivity contribution is -0.385. The average molecular weight is 339 g/mol. The van der Waals surface area contributed by atoms with Gasteiger partial charge >= 0.3 is 5.69 Å². The molecule has 0 bridgehead atoms. The monoisotopic (exact) mass is 339 g/mol. The van der Waals surface area contributed by atoms with Crippen LogP contribution in [0.15, 0.2) is 24.3 Å². The van der Waals surface area contributed by atoms with Crippen LogP contribution < -0.4 is 5.32 Å². The number of aromatic nitrogens is 2. The molecule has 3 rings (SSSR count). The van der Waals surface area contributed by atoms with Gasteiger partial charge in [-0.1, -0.05) is 31.2 Å². The number of hydrogen-bond acceptors (Lipinski definition) is 5. The summed E-state index contributed by atoms with van der Waals surface area (Å²) in [6, 6.07) is 9.95. The fourth-order valence-corrected chi connectivity index (χ4v) is 3.22. The molecule has 1 atom stereocenters. The topological polar surface area (TPSA) is 125 Å². The van der Waals surface area contributed by atoms with Crippen LogP contribution >= 0.6 is 0 Å². The maximum atomic E-state index is 12.6. The number of nitriles is 1. The largest absolute Gasteiger partial charge is 0.332 e. The Bertz CT molecular complexity index is 883. The number of fused-ring (bicyclic) bond motifs is 1. The lowest BCUT2D eigenvalue weighted by atomic mass is 9.78. The van der Waals surface area contributed by atoms with Crippen molar-refractivity contribution in [3.63, 3.8) is 0 Å². The highest BCUT2D eigenvalue weighted by atomic mass is 16.6. The molecule has 1 amide bonds. The van der Waals surface area contributed by atoms with Gasteiger partial charge in [-0.05, 0) is 30.4 Å². The molecule has 2 N–H and O–H groups in total. The minimum Gasteiger partial charge on any atom is -0.332 e. The number of benzene rings is 1. The summed E-state index contributed by atoms with van der Waals surface area (Å²) in [6.45, 7) is 1.73. The summed E-state index contributed by atoms with van der Waals surface area (Å²) in [5.41, 5.74) is 0.739. The van der Waals surface area contributed by atoms with E-state index in [1.807, 2.05) is 24.3 Å². The summed E-state index contributed by atoms with van der Waals surface area (Å²) in [7, 11) is 0. The van der Waals surface area contributed by atoms with Crippen molar-refractivity contribution in [3.05, 3.63) is 56.9 Å². The number of carbonyl (C=O) groups excluding carboxylic acids is 1. The molecule has 0 unspecified atom stereocenters. The van der Waals surface area contributed by atoms with Gasteiger partial charge in [0.1, 0.15) is 11.2 Å². The van der Waals surface area contributed by atoms with Crippen molar-refractivity contribution in [2.24, 2.45) is 0 Å². The highest BCUT2D eigenvalue weighted by Crippen LogP contribution is 2.29. The molecule has 8 heteroatoms. The molecule has 8 nitrogen and oxygen atoms in total. The van der Waals surface area contributed by atoms with Crippen LogP contribution in [-0.4, -0.2) is 26.6 Å². The first-order chi connectivity index (χ1) is 12.0. The number of rotatable bonds is 4. The molecule has 1 aromatic heterocycles. The normalized spacial score (nSPS) is 18.9. The smallest absolute Gasteiger partial charge is 0.322 e. The highest BCUT2D eigenvalue weighted by Gasteiger charge is 2.39. The average Bonchev–Trinajstić information content (AvgIpc) is 3.06. The summed E-state index contributed by atoms with van der Waals surface area (Å²) in [5, 5.41) is 30.0. The molecular formula is C17H17N5O3. The van der Waals surface area contributed by atoms with Crippen LogP contribution in [0.25, 0.3) is 0 Å². The van der Waals surface area contributed by atoms with Gasteiger partial charge in [-0.2, -0.15) is 10.4 Å². The Labute approximate surface area is 144 Å². The fourth-order valence-electron chi connectivity index (χ4n) is 3.22. The standard InChI is InChI=1S/C17H17N5O3/c1-2-13-15(22(24)25)14(21-20-13)16(23)19-17(10-18)8-7-11-5-3-4-6-12(11)9-17/h3-6H,2,7-9H2,1H3,(H,19,23)(H,20,21)/t17-/m0/s1. The molecule has 0 saturated heterocycles. The number of aromatic amines is 1. The van der Waals surface area contributed by atoms with E-state index >= 15 is 0 Å². The van der Waals surface area contributed by atoms with Gasteiger partial charge in [0.15, 0.2) is 0 Å². The summed E-state index contributed by atoms with van der Waals surface area (Å²) in [6.07, 6.45) is 1.83. The second-order valence-electron chi connectivity index (χ2n) is 6.10. The molecule has 0 aliphatic heterocycles. The lowest BCUT2D eigenvalue weighted by Gasteiger charge is -2.32. The molecule has 1 aliphatic carbocycles. The van der Waals surface area contributed by atoms with Gasteiger partial charge in [0.2, 0.25) is 5.69 Å². The lowest BCUT2D eigenvalue weighted by Crippen LogP contribution is -2.51. The van der Waals surface area contributed by atoms with Gasteiger partial charge in [0.05, 0.1) is 11.0 Å². The van der Waals surface area contributed by atoms with E-state index in [-0.39, 0.29) is 17.1 Å². The first-order valence-electron chi connectivity index (χ1n) is 8.02. The molecule has 128 valence electrons. The summed E-state index contributed by atoms with van der Waals surface area (Å²) in [4.78, 5) is 23.2. The van der Waals surface area contributed by atoms with Gasteiger partial charge in [-0.25, -0.2) is 0 Å². The van der Waals surface area contributed by atoms with Gasteiger partial charge in [0.25, 0.3) is 5.91 Å². The number of nitrogens with zero attached hydrogens (tertiary/aromatic N) is 3. The minimum atomic E-state index is -1.09. The van der Waals surface area contributed by atoms with E-state index in [1.165, 1.54) is 0 Å². The molecule has 0 radical (unpaired) electrons. The van der Waals surface area contributed by atoms with Gasteiger partial charge in [-0.15, -0.1) is 0 Å². The van der Waals surface area contributed by atoms with Crippen molar-refractivity contribution < 1.29 is 9.72 Å². The quantitative estimate of drug-likeness (QED) is 0.651. The van der Waals surface area contributed by atoms with Crippen LogP contribution in [0.2, 0.25) is 0 Å². The molecular weight excluding hydrogens is 322 g/mol. The number of hydrogen-bond donors (Lipinski definition) is 2. The fraction of sp³-hybridized carbons (Fsp3) is 0.353. The zero-order chi connectivity index (χ0) is 18.0. The second kappa shape index (κ2) is 6.36. The van der Waals surface area contributed by atoms with Crippen molar-refractivity contribution in [2.75, 3.05) is 0 Å². The van der Waals surface area contributed by atoms with Crippen molar-refractivity contribution >= 4 is 11.6 Å². The molecule has 0 saturated carbocycles. The van der Waals surface area contributed by atoms with E-state index in [0.29, 0.717) is 25.7 Å². The van der Waals surface area contributed by atoms with Crippen molar-refractivity contribution in [1.82, 2.24) is 15.5 Å². The summed E-state index contributed by atoms with van der Waals surface area (Å²) in [5.74, 6) is -0.705. The van der Waals surface area contributed by atoms with Crippen LogP contribution in [0.3, 0.4) is 0 Å². The molecule has 0 spiro atoms. The number of nitrogens with one attached hydrogen (secondary N) is 2. The Morgan fingerprint density at radius 3 is 2.84 bits per heavy atom. The van der Waals surface area contributed by atoms with Crippen LogP contribution in [0.1, 0.15) is 40.7 Å². The third kappa shape index (κ3) is 2.96.